The fraction of sp³-hybridized carbons (Fsp3) is 0. The molecule has 532 valence electrons. The van der Waals surface area contributed by atoms with Gasteiger partial charge in [0.05, 0.1) is 61.8 Å². The Bertz CT molecular complexity index is 9830. The first-order valence-corrected chi connectivity index (χ1v) is 38.1. The standard InChI is InChI=1S/C51H30N4OS.C51H30N4S2/c1-4-14-31(15-5-1)35-21-13-25-42-45(35)39-27-26-34(30-43(39)56-42)50-52-49(33-18-8-3-9-19-33)53-51(54-50)55-41-24-11-10-20-37(41)38-28-29-44-46(47(38)55)40-23-12-22-36(48(40)57-44)32-16-6-2-7-17-32;1-4-13-31(14-5-1)34-23-25-40-44(29-34)57-43-28-27-38-37-19-10-11-21-41(37)55(48(38)47(40)43)51-53-49(33-17-8-3-9-18-33)52-50(54-51)35-24-26-39-45(30-35)56-42-22-12-20-36(46(39)42)32-15-6-2-7-16-32/h2*1-30H/i1D,4D,5D,10D,11D,12D,14D,15D,20D,22D,23D,24D,28D,29D;10D,11D,12D,19D,20D,21D,22D,23D,24D,25D,26D,27D,28D,29D,30D. The van der Waals surface area contributed by atoms with Gasteiger partial charge < -0.3 is 4.42 Å². The Morgan fingerprint density at radius 3 is 1.35 bits per heavy atom. The highest BCUT2D eigenvalue weighted by Crippen LogP contribution is 2.49. The largest absolute Gasteiger partial charge is 0.456 e. The summed E-state index contributed by atoms with van der Waals surface area (Å²) in [6, 6.07) is 42.8. The molecule has 0 aliphatic heterocycles. The molecule has 0 saturated heterocycles. The van der Waals surface area contributed by atoms with Crippen LogP contribution in [0, 0.1) is 0 Å². The van der Waals surface area contributed by atoms with Crippen molar-refractivity contribution in [3.05, 3.63) is 363 Å². The van der Waals surface area contributed by atoms with E-state index in [-0.39, 0.29) is 254 Å². The molecule has 114 heavy (non-hydrogen) atoms. The Kier molecular flexibility index (Phi) is 9.99. The maximum Gasteiger partial charge on any atom is 0.238 e. The lowest BCUT2D eigenvalue weighted by atomic mass is 9.99. The molecule has 0 fully saturated rings. The molecule has 0 aliphatic rings. The molecule has 0 aliphatic carbocycles. The summed E-state index contributed by atoms with van der Waals surface area (Å²) in [6.45, 7) is 0. The summed E-state index contributed by atoms with van der Waals surface area (Å²) in [5, 5.41) is 1.73. The molecule has 0 atom stereocenters. The first-order chi connectivity index (χ1) is 68.6. The Morgan fingerprint density at radius 2 is 0.728 bits per heavy atom. The molecule has 24 aromatic rings. The zero-order valence-electron chi connectivity index (χ0n) is 87.6. The van der Waals surface area contributed by atoms with Gasteiger partial charge >= 0.3 is 0 Å². The minimum atomic E-state index is -0.639. The predicted octanol–water partition coefficient (Wildman–Crippen LogP) is 28.3. The summed E-state index contributed by atoms with van der Waals surface area (Å²) in [6.07, 6.45) is 0. The summed E-state index contributed by atoms with van der Waals surface area (Å²) >= 11 is 3.03. The van der Waals surface area contributed by atoms with Gasteiger partial charge in [-0.1, -0.05) is 303 Å². The molecule has 16 aromatic carbocycles. The van der Waals surface area contributed by atoms with E-state index in [0.717, 1.165) is 34.0 Å². The second-order valence-corrected chi connectivity index (χ2v) is 29.5. The number of furan rings is 1. The van der Waals surface area contributed by atoms with E-state index >= 15 is 0 Å². The molecule has 0 unspecified atom stereocenters. The summed E-state index contributed by atoms with van der Waals surface area (Å²) < 4.78 is 275. The van der Waals surface area contributed by atoms with Crippen LogP contribution in [0.5, 0.6) is 0 Å². The van der Waals surface area contributed by atoms with Crippen LogP contribution in [0.2, 0.25) is 0 Å². The first kappa shape index (κ1) is 42.7. The number of thiophene rings is 3. The molecule has 0 bridgehead atoms. The minimum absolute atomic E-state index is 0.0117. The highest BCUT2D eigenvalue weighted by atomic mass is 32.1. The lowest BCUT2D eigenvalue weighted by Gasteiger charge is -2.12. The Labute approximate surface area is 705 Å². The topological polar surface area (TPSA) is 100 Å². The Balaban J connectivity index is 0.000000159. The van der Waals surface area contributed by atoms with Gasteiger partial charge in [0.25, 0.3) is 0 Å². The molecule has 0 amide bonds. The monoisotopic (exact) mass is 1540 g/mol. The van der Waals surface area contributed by atoms with E-state index in [4.69, 9.17) is 53.5 Å². The van der Waals surface area contributed by atoms with Gasteiger partial charge in [-0.15, -0.1) is 34.0 Å². The van der Waals surface area contributed by atoms with Crippen molar-refractivity contribution in [2.75, 3.05) is 0 Å². The third-order valence-electron chi connectivity index (χ3n) is 20.0. The van der Waals surface area contributed by atoms with E-state index in [0.29, 0.717) is 71.1 Å². The molecule has 0 spiro atoms. The maximum atomic E-state index is 9.81. The average molecular weight is 1540 g/mol. The SMILES string of the molecule is [2H]c1c([2H])c(-c2ccccc2)c2c(sc3c([2H])c(-c4nc(-c5ccccc5)nc(-n5c6c([2H])c([2H])c([2H])c([2H])c6c6c([2H])c([2H])c7sc8c([2H])c(-c9ccccc9)c([2H])c([2H])c8c7c65)n4)c([2H])c([2H])c32)c1[2H].[2H]c1c([2H])c([2H])c(-c2cccc3oc4cc(-c5nc(-c6ccccc6)nc(-n6c7c([2H])c([2H])c([2H])c([2H])c7c7c([2H])c([2H])c8sc9c(-c%10ccccc%10)c([2H])c([2H])c([2H])c9c8c76)n5)ccc4c23)c([2H])c1[2H]. The molecule has 24 rings (SSSR count). The molecule has 8 heterocycles. The van der Waals surface area contributed by atoms with Crippen LogP contribution in [0.4, 0.5) is 0 Å². The third kappa shape index (κ3) is 10.8. The van der Waals surface area contributed by atoms with Crippen LogP contribution in [0.3, 0.4) is 0 Å². The van der Waals surface area contributed by atoms with Gasteiger partial charge in [0, 0.05) is 115 Å². The molecule has 0 radical (unpaired) electrons. The number of hydrogen-bond acceptors (Lipinski definition) is 10. The van der Waals surface area contributed by atoms with Gasteiger partial charge in [0.1, 0.15) is 11.2 Å². The van der Waals surface area contributed by atoms with Gasteiger partial charge in [-0.3, -0.25) is 9.13 Å². The van der Waals surface area contributed by atoms with Gasteiger partial charge in [0.2, 0.25) is 11.9 Å². The van der Waals surface area contributed by atoms with E-state index in [2.05, 4.69) is 0 Å². The number of aromatic nitrogens is 8. The van der Waals surface area contributed by atoms with Crippen molar-refractivity contribution in [3.8, 4) is 102 Å². The van der Waals surface area contributed by atoms with Crippen LogP contribution >= 0.6 is 34.0 Å². The number of rotatable bonds is 10. The van der Waals surface area contributed by atoms with Crippen molar-refractivity contribution in [2.45, 2.75) is 0 Å². The summed E-state index contributed by atoms with van der Waals surface area (Å²) in [4.78, 5) is 29.6. The number of para-hydroxylation sites is 2. The normalized spacial score (nSPS) is 15.4. The van der Waals surface area contributed by atoms with Crippen LogP contribution in [-0.2, 0) is 0 Å². The van der Waals surface area contributed by atoms with Gasteiger partial charge in [-0.05, 0) is 105 Å². The molecule has 8 aromatic heterocycles. The highest BCUT2D eigenvalue weighted by Gasteiger charge is 2.26. The van der Waals surface area contributed by atoms with Gasteiger partial charge in [-0.25, -0.2) is 9.97 Å². The Hall–Kier alpha value is -14.4. The van der Waals surface area contributed by atoms with E-state index < -0.39 is 78.6 Å². The van der Waals surface area contributed by atoms with E-state index in [1.165, 1.54) is 9.13 Å². The van der Waals surface area contributed by atoms with Crippen LogP contribution in [0.15, 0.2) is 368 Å². The smallest absolute Gasteiger partial charge is 0.238 e. The molecule has 9 nitrogen and oxygen atoms in total. The fourth-order valence-electron chi connectivity index (χ4n) is 14.9. The van der Waals surface area contributed by atoms with Crippen LogP contribution in [-0.4, -0.2) is 39.0 Å². The van der Waals surface area contributed by atoms with E-state index in [1.54, 1.807) is 176 Å². The van der Waals surface area contributed by atoms with Gasteiger partial charge in [-0.2, -0.15) is 19.9 Å². The molecular formula is C102H60N8OS3. The van der Waals surface area contributed by atoms with Gasteiger partial charge in [0.15, 0.2) is 23.3 Å². The van der Waals surface area contributed by atoms with Crippen LogP contribution in [0.1, 0.15) is 39.8 Å². The quantitative estimate of drug-likeness (QED) is 0.134. The molecule has 0 saturated carbocycles. The molecule has 0 N–H and O–H groups in total. The minimum Gasteiger partial charge on any atom is -0.456 e. The van der Waals surface area contributed by atoms with Crippen molar-refractivity contribution in [2.24, 2.45) is 0 Å². The third-order valence-corrected chi connectivity index (χ3v) is 23.1. The number of fused-ring (bicyclic) bond motifs is 20. The Morgan fingerprint density at radius 1 is 0.254 bits per heavy atom. The van der Waals surface area contributed by atoms with Crippen molar-refractivity contribution in [1.29, 1.82) is 0 Å². The summed E-state index contributed by atoms with van der Waals surface area (Å²) in [5.74, 6) is -0.514. The van der Waals surface area contributed by atoms with E-state index in [9.17, 15) is 20.6 Å². The van der Waals surface area contributed by atoms with Crippen molar-refractivity contribution in [1.82, 2.24) is 39.0 Å². The van der Waals surface area contributed by atoms with Crippen LogP contribution in [0.25, 0.3) is 228 Å². The number of nitrogens with zero attached hydrogens (tertiary/aromatic N) is 8. The fourth-order valence-corrected chi connectivity index (χ4v) is 18.1. The second-order valence-electron chi connectivity index (χ2n) is 26.5. The second kappa shape index (κ2) is 26.7. The number of hydrogen-bond donors (Lipinski definition) is 0. The molecular weight excluding hydrogens is 1450 g/mol. The van der Waals surface area contributed by atoms with Crippen molar-refractivity contribution >= 4 is 160 Å². The lowest BCUT2D eigenvalue weighted by Crippen LogP contribution is -2.06. The first-order valence-electron chi connectivity index (χ1n) is 50.2. The van der Waals surface area contributed by atoms with E-state index in [1.807, 2.05) is 12.1 Å². The van der Waals surface area contributed by atoms with Crippen LogP contribution < -0.4 is 0 Å². The zero-order chi connectivity index (χ0) is 100. The maximum absolute atomic E-state index is 9.81. The summed E-state index contributed by atoms with van der Waals surface area (Å²) in [5.41, 5.74) is 4.53. The average Bonchev–Trinajstić information content (AvgIpc) is 1.52. The summed E-state index contributed by atoms with van der Waals surface area (Å²) in [7, 11) is 0. The predicted molar refractivity (Wildman–Crippen MR) is 478 cm³/mol. The van der Waals surface area contributed by atoms with Crippen molar-refractivity contribution in [3.63, 3.8) is 0 Å². The molecule has 12 heteroatoms. The highest BCUT2D eigenvalue weighted by molar-refractivity contribution is 7.27. The number of benzene rings is 16. The zero-order valence-corrected chi connectivity index (χ0v) is 61.1. The van der Waals surface area contributed by atoms with Crippen molar-refractivity contribution < 1.29 is 44.2 Å². The lowest BCUT2D eigenvalue weighted by molar-refractivity contribution is 0.669.